The molecular weight excluding hydrogens is 160 g/mol. The first-order valence-corrected chi connectivity index (χ1v) is 5.10. The van der Waals surface area contributed by atoms with Crippen LogP contribution in [0.4, 0.5) is 0 Å². The Morgan fingerprint density at radius 2 is 2.15 bits per heavy atom. The third-order valence-corrected chi connectivity index (χ3v) is 2.21. The molecule has 2 nitrogen and oxygen atoms in total. The molecule has 0 aliphatic rings. The van der Waals surface area contributed by atoms with Gasteiger partial charge >= 0.3 is 0 Å². The Morgan fingerprint density at radius 3 is 2.54 bits per heavy atom. The van der Waals surface area contributed by atoms with Gasteiger partial charge < -0.3 is 11.1 Å². The summed E-state index contributed by atoms with van der Waals surface area (Å²) in [6, 6.07) is 0. The number of nitrogens with one attached hydrogen (secondary N) is 1. The van der Waals surface area contributed by atoms with E-state index in [-0.39, 0.29) is 5.54 Å². The van der Waals surface area contributed by atoms with E-state index in [1.54, 1.807) is 0 Å². The lowest BCUT2D eigenvalue weighted by atomic mass is 9.91. The monoisotopic (exact) mass is 184 g/mol. The van der Waals surface area contributed by atoms with Gasteiger partial charge in [-0.1, -0.05) is 19.9 Å². The van der Waals surface area contributed by atoms with Gasteiger partial charge in [0.15, 0.2) is 0 Å². The standard InChI is InChI=1S/C11H24N2/c1-5-6-7-13-11(4,9-12)8-10(2)3/h5,10,13H,1,6-9,12H2,2-4H3. The molecule has 1 atom stereocenters. The molecule has 0 spiro atoms. The second-order valence-corrected chi connectivity index (χ2v) is 4.37. The van der Waals surface area contributed by atoms with Gasteiger partial charge in [-0.15, -0.1) is 6.58 Å². The lowest BCUT2D eigenvalue weighted by molar-refractivity contribution is 0.302. The Bertz CT molecular complexity index is 143. The molecule has 0 rings (SSSR count). The van der Waals surface area contributed by atoms with E-state index in [0.29, 0.717) is 12.5 Å². The molecule has 0 saturated carbocycles. The van der Waals surface area contributed by atoms with E-state index in [1.807, 2.05) is 6.08 Å². The minimum Gasteiger partial charge on any atom is -0.329 e. The molecule has 2 heteroatoms. The first-order chi connectivity index (χ1) is 6.04. The van der Waals surface area contributed by atoms with Crippen molar-refractivity contribution < 1.29 is 0 Å². The molecule has 0 saturated heterocycles. The minimum absolute atomic E-state index is 0.0944. The first-order valence-electron chi connectivity index (χ1n) is 5.10. The third kappa shape index (κ3) is 5.83. The molecule has 0 aromatic rings. The van der Waals surface area contributed by atoms with Gasteiger partial charge in [0.25, 0.3) is 0 Å². The summed E-state index contributed by atoms with van der Waals surface area (Å²) >= 11 is 0. The molecule has 0 amide bonds. The second kappa shape index (κ2) is 6.17. The van der Waals surface area contributed by atoms with Crippen molar-refractivity contribution in [3.8, 4) is 0 Å². The maximum absolute atomic E-state index is 5.75. The van der Waals surface area contributed by atoms with E-state index in [2.05, 4.69) is 32.7 Å². The Kier molecular flexibility index (Phi) is 6.00. The minimum atomic E-state index is 0.0944. The summed E-state index contributed by atoms with van der Waals surface area (Å²) in [5.41, 5.74) is 5.84. The van der Waals surface area contributed by atoms with Crippen LogP contribution in [0, 0.1) is 5.92 Å². The Labute approximate surface area is 82.6 Å². The van der Waals surface area contributed by atoms with Crippen LogP contribution in [0.15, 0.2) is 12.7 Å². The van der Waals surface area contributed by atoms with Gasteiger partial charge in [0.2, 0.25) is 0 Å². The van der Waals surface area contributed by atoms with Crippen LogP contribution in [-0.2, 0) is 0 Å². The van der Waals surface area contributed by atoms with Crippen LogP contribution in [0.1, 0.15) is 33.6 Å². The molecule has 0 aliphatic carbocycles. The molecule has 0 radical (unpaired) electrons. The summed E-state index contributed by atoms with van der Waals surface area (Å²) in [7, 11) is 0. The summed E-state index contributed by atoms with van der Waals surface area (Å²) in [6.07, 6.45) is 4.06. The van der Waals surface area contributed by atoms with E-state index < -0.39 is 0 Å². The van der Waals surface area contributed by atoms with Gasteiger partial charge in [-0.05, 0) is 32.2 Å². The lowest BCUT2D eigenvalue weighted by Crippen LogP contribution is -2.49. The van der Waals surface area contributed by atoms with Crippen LogP contribution in [0.5, 0.6) is 0 Å². The number of hydrogen-bond donors (Lipinski definition) is 2. The average Bonchev–Trinajstić information content (AvgIpc) is 2.04. The maximum Gasteiger partial charge on any atom is 0.0278 e. The Hall–Kier alpha value is -0.340. The highest BCUT2D eigenvalue weighted by Crippen LogP contribution is 2.14. The quantitative estimate of drug-likeness (QED) is 0.468. The summed E-state index contributed by atoms with van der Waals surface area (Å²) in [5.74, 6) is 0.685. The van der Waals surface area contributed by atoms with Gasteiger partial charge in [0, 0.05) is 12.1 Å². The van der Waals surface area contributed by atoms with Crippen molar-refractivity contribution in [2.75, 3.05) is 13.1 Å². The van der Waals surface area contributed by atoms with E-state index in [4.69, 9.17) is 5.73 Å². The fourth-order valence-electron chi connectivity index (χ4n) is 1.60. The average molecular weight is 184 g/mol. The predicted octanol–water partition coefficient (Wildman–Crippen LogP) is 1.92. The summed E-state index contributed by atoms with van der Waals surface area (Å²) < 4.78 is 0. The highest BCUT2D eigenvalue weighted by molar-refractivity contribution is 4.86. The van der Waals surface area contributed by atoms with Crippen molar-refractivity contribution in [3.05, 3.63) is 12.7 Å². The van der Waals surface area contributed by atoms with Crippen LogP contribution >= 0.6 is 0 Å². The highest BCUT2D eigenvalue weighted by atomic mass is 15.0. The van der Waals surface area contributed by atoms with Crippen molar-refractivity contribution in [1.29, 1.82) is 0 Å². The topological polar surface area (TPSA) is 38.0 Å². The fourth-order valence-corrected chi connectivity index (χ4v) is 1.60. The van der Waals surface area contributed by atoms with Crippen LogP contribution < -0.4 is 11.1 Å². The molecule has 0 fully saturated rings. The zero-order valence-electron chi connectivity index (χ0n) is 9.27. The molecule has 13 heavy (non-hydrogen) atoms. The summed E-state index contributed by atoms with van der Waals surface area (Å²) in [4.78, 5) is 0. The Morgan fingerprint density at radius 1 is 1.54 bits per heavy atom. The fraction of sp³-hybridized carbons (Fsp3) is 0.818. The number of hydrogen-bond acceptors (Lipinski definition) is 2. The van der Waals surface area contributed by atoms with Crippen molar-refractivity contribution in [3.63, 3.8) is 0 Å². The normalized spacial score (nSPS) is 15.8. The molecule has 0 bridgehead atoms. The predicted molar refractivity (Wildman–Crippen MR) is 59.7 cm³/mol. The van der Waals surface area contributed by atoms with E-state index >= 15 is 0 Å². The maximum atomic E-state index is 5.75. The molecule has 0 aromatic carbocycles. The number of rotatable bonds is 7. The van der Waals surface area contributed by atoms with Crippen LogP contribution in [0.3, 0.4) is 0 Å². The third-order valence-electron chi connectivity index (χ3n) is 2.21. The van der Waals surface area contributed by atoms with E-state index in [1.165, 1.54) is 0 Å². The van der Waals surface area contributed by atoms with Gasteiger partial charge in [0.1, 0.15) is 0 Å². The van der Waals surface area contributed by atoms with Crippen molar-refractivity contribution >= 4 is 0 Å². The van der Waals surface area contributed by atoms with Crippen molar-refractivity contribution in [2.45, 2.75) is 39.2 Å². The van der Waals surface area contributed by atoms with Crippen molar-refractivity contribution in [2.24, 2.45) is 11.7 Å². The Balaban J connectivity index is 3.88. The molecular formula is C11H24N2. The molecule has 0 heterocycles. The van der Waals surface area contributed by atoms with E-state index in [9.17, 15) is 0 Å². The molecule has 0 aliphatic heterocycles. The zero-order valence-corrected chi connectivity index (χ0v) is 9.27. The van der Waals surface area contributed by atoms with Crippen LogP contribution in [0.25, 0.3) is 0 Å². The summed E-state index contributed by atoms with van der Waals surface area (Å²) in [5, 5.41) is 3.48. The number of nitrogens with two attached hydrogens (primary N) is 1. The zero-order chi connectivity index (χ0) is 10.3. The SMILES string of the molecule is C=CCCNC(C)(CN)CC(C)C. The van der Waals surface area contributed by atoms with Crippen LogP contribution in [0.2, 0.25) is 0 Å². The smallest absolute Gasteiger partial charge is 0.0278 e. The van der Waals surface area contributed by atoms with Gasteiger partial charge in [-0.2, -0.15) is 0 Å². The highest BCUT2D eigenvalue weighted by Gasteiger charge is 2.22. The van der Waals surface area contributed by atoms with E-state index in [0.717, 1.165) is 19.4 Å². The molecule has 78 valence electrons. The summed E-state index contributed by atoms with van der Waals surface area (Å²) in [6.45, 7) is 12.0. The van der Waals surface area contributed by atoms with Gasteiger partial charge in [0.05, 0.1) is 0 Å². The molecule has 3 N–H and O–H groups in total. The largest absolute Gasteiger partial charge is 0.329 e. The molecule has 0 aromatic heterocycles. The van der Waals surface area contributed by atoms with Gasteiger partial charge in [-0.3, -0.25) is 0 Å². The van der Waals surface area contributed by atoms with Crippen LogP contribution in [-0.4, -0.2) is 18.6 Å². The van der Waals surface area contributed by atoms with Gasteiger partial charge in [-0.25, -0.2) is 0 Å². The first kappa shape index (κ1) is 12.7. The second-order valence-electron chi connectivity index (χ2n) is 4.37. The molecule has 1 unspecified atom stereocenters. The lowest BCUT2D eigenvalue weighted by Gasteiger charge is -2.31. The van der Waals surface area contributed by atoms with Crippen molar-refractivity contribution in [1.82, 2.24) is 5.32 Å².